The third kappa shape index (κ3) is 1.35. The summed E-state index contributed by atoms with van der Waals surface area (Å²) in [5, 5.41) is 6.79. The number of hydrogen-bond acceptors (Lipinski definition) is 4. The van der Waals surface area contributed by atoms with Crippen LogP contribution in [0.1, 0.15) is 23.0 Å². The Kier molecular flexibility index (Phi) is 2.17. The van der Waals surface area contributed by atoms with Crippen LogP contribution in [0.2, 0.25) is 0 Å². The number of nitrogens with zero attached hydrogens (tertiary/aromatic N) is 3. The number of rotatable bonds is 2. The maximum absolute atomic E-state index is 11.2. The molecule has 0 bridgehead atoms. The van der Waals surface area contributed by atoms with Gasteiger partial charge in [0, 0.05) is 11.6 Å². The van der Waals surface area contributed by atoms with Crippen LogP contribution in [0.4, 0.5) is 0 Å². The summed E-state index contributed by atoms with van der Waals surface area (Å²) in [4.78, 5) is 15.3. The van der Waals surface area contributed by atoms with Crippen LogP contribution in [0, 0.1) is 6.92 Å². The summed E-state index contributed by atoms with van der Waals surface area (Å²) in [6.45, 7) is 3.40. The monoisotopic (exact) mass is 207 g/mol. The number of ketones is 1. The molecule has 0 aliphatic carbocycles. The molecule has 0 aliphatic rings. The molecule has 2 aromatic rings. The fraction of sp³-hybridized carbons (Fsp3) is 0.222. The lowest BCUT2D eigenvalue weighted by Crippen LogP contribution is -2.00. The van der Waals surface area contributed by atoms with Gasteiger partial charge in [0.2, 0.25) is 5.13 Å². The number of thiazole rings is 1. The van der Waals surface area contributed by atoms with E-state index in [0.717, 1.165) is 10.8 Å². The highest BCUT2D eigenvalue weighted by atomic mass is 32.1. The van der Waals surface area contributed by atoms with Gasteiger partial charge in [-0.2, -0.15) is 5.10 Å². The van der Waals surface area contributed by atoms with Gasteiger partial charge in [-0.25, -0.2) is 9.67 Å². The summed E-state index contributed by atoms with van der Waals surface area (Å²) in [5.74, 6) is 0.0327. The van der Waals surface area contributed by atoms with Crippen molar-refractivity contribution < 1.29 is 4.79 Å². The summed E-state index contributed by atoms with van der Waals surface area (Å²) >= 11 is 1.49. The Morgan fingerprint density at radius 3 is 2.86 bits per heavy atom. The molecule has 0 amide bonds. The van der Waals surface area contributed by atoms with E-state index in [-0.39, 0.29) is 5.78 Å². The van der Waals surface area contributed by atoms with Crippen LogP contribution in [-0.4, -0.2) is 20.5 Å². The smallest absolute Gasteiger partial charge is 0.210 e. The Balaban J connectivity index is 2.52. The van der Waals surface area contributed by atoms with Gasteiger partial charge in [-0.3, -0.25) is 4.79 Å². The molecule has 0 fully saturated rings. The van der Waals surface area contributed by atoms with Crippen molar-refractivity contribution in [1.29, 1.82) is 0 Å². The van der Waals surface area contributed by atoms with Gasteiger partial charge < -0.3 is 0 Å². The average Bonchev–Trinajstić information content (AvgIpc) is 2.71. The van der Waals surface area contributed by atoms with E-state index < -0.39 is 0 Å². The zero-order valence-electron chi connectivity index (χ0n) is 7.89. The first-order valence-corrected chi connectivity index (χ1v) is 5.03. The van der Waals surface area contributed by atoms with Crippen LogP contribution in [0.5, 0.6) is 0 Å². The minimum atomic E-state index is 0.0327. The highest BCUT2D eigenvalue weighted by molar-refractivity contribution is 7.12. The van der Waals surface area contributed by atoms with Crippen molar-refractivity contribution in [3.63, 3.8) is 0 Å². The number of Topliss-reactive ketones (excluding diaryl/α,β-unsaturated/α-hetero) is 1. The number of carbonyl (C=O) groups excluding carboxylic acids is 1. The van der Waals surface area contributed by atoms with E-state index in [4.69, 9.17) is 0 Å². The first-order valence-electron chi connectivity index (χ1n) is 4.15. The summed E-state index contributed by atoms with van der Waals surface area (Å²) < 4.78 is 1.68. The highest BCUT2D eigenvalue weighted by Gasteiger charge is 2.12. The lowest BCUT2D eigenvalue weighted by atomic mass is 10.2. The molecule has 0 aliphatic heterocycles. The van der Waals surface area contributed by atoms with Gasteiger partial charge in [0.25, 0.3) is 0 Å². The van der Waals surface area contributed by atoms with E-state index in [1.54, 1.807) is 17.1 Å². The second-order valence-corrected chi connectivity index (χ2v) is 3.80. The molecule has 4 nitrogen and oxygen atoms in total. The van der Waals surface area contributed by atoms with Crippen molar-refractivity contribution >= 4 is 17.1 Å². The lowest BCUT2D eigenvalue weighted by Gasteiger charge is -1.98. The zero-order chi connectivity index (χ0) is 10.1. The molecule has 0 radical (unpaired) electrons. The van der Waals surface area contributed by atoms with E-state index in [9.17, 15) is 4.79 Å². The van der Waals surface area contributed by atoms with Crippen LogP contribution in [0.25, 0.3) is 5.13 Å². The molecular formula is C9H9N3OS. The Hall–Kier alpha value is -1.49. The van der Waals surface area contributed by atoms with Gasteiger partial charge in [-0.15, -0.1) is 11.3 Å². The lowest BCUT2D eigenvalue weighted by molar-refractivity contribution is 0.101. The SMILES string of the molecule is CC(=O)c1cnn(-c2nccs2)c1C. The fourth-order valence-electron chi connectivity index (χ4n) is 1.27. The van der Waals surface area contributed by atoms with Crippen LogP contribution >= 0.6 is 11.3 Å². The van der Waals surface area contributed by atoms with Crippen LogP contribution < -0.4 is 0 Å². The number of aromatic nitrogens is 3. The van der Waals surface area contributed by atoms with E-state index in [2.05, 4.69) is 10.1 Å². The van der Waals surface area contributed by atoms with E-state index in [1.807, 2.05) is 12.3 Å². The molecule has 0 saturated carbocycles. The molecule has 14 heavy (non-hydrogen) atoms. The van der Waals surface area contributed by atoms with Crippen LogP contribution in [0.3, 0.4) is 0 Å². The zero-order valence-corrected chi connectivity index (χ0v) is 8.71. The minimum absolute atomic E-state index is 0.0327. The van der Waals surface area contributed by atoms with Gasteiger partial charge in [-0.1, -0.05) is 0 Å². The first-order chi connectivity index (χ1) is 6.70. The molecule has 2 aromatic heterocycles. The van der Waals surface area contributed by atoms with Crippen molar-refractivity contribution in [3.8, 4) is 5.13 Å². The maximum atomic E-state index is 11.2. The summed E-state index contributed by atoms with van der Waals surface area (Å²) in [6.07, 6.45) is 3.30. The molecule has 72 valence electrons. The van der Waals surface area contributed by atoms with Gasteiger partial charge in [0.15, 0.2) is 5.78 Å². The van der Waals surface area contributed by atoms with Crippen molar-refractivity contribution in [2.24, 2.45) is 0 Å². The highest BCUT2D eigenvalue weighted by Crippen LogP contribution is 2.15. The van der Waals surface area contributed by atoms with E-state index in [1.165, 1.54) is 18.3 Å². The van der Waals surface area contributed by atoms with Gasteiger partial charge >= 0.3 is 0 Å². The van der Waals surface area contributed by atoms with Gasteiger partial charge in [-0.05, 0) is 13.8 Å². The van der Waals surface area contributed by atoms with Crippen molar-refractivity contribution in [2.45, 2.75) is 13.8 Å². The Labute approximate surface area is 85.2 Å². The van der Waals surface area contributed by atoms with Gasteiger partial charge in [0.1, 0.15) is 0 Å². The molecule has 0 aromatic carbocycles. The second-order valence-electron chi connectivity index (χ2n) is 2.93. The van der Waals surface area contributed by atoms with Crippen molar-refractivity contribution in [3.05, 3.63) is 29.0 Å². The molecule has 2 rings (SSSR count). The molecule has 0 spiro atoms. The summed E-state index contributed by atoms with van der Waals surface area (Å²) in [6, 6.07) is 0. The van der Waals surface area contributed by atoms with E-state index >= 15 is 0 Å². The van der Waals surface area contributed by atoms with E-state index in [0.29, 0.717) is 5.56 Å². The van der Waals surface area contributed by atoms with Crippen LogP contribution in [-0.2, 0) is 0 Å². The first kappa shape index (κ1) is 9.08. The minimum Gasteiger partial charge on any atom is -0.294 e. The molecule has 5 heteroatoms. The molecule has 2 heterocycles. The normalized spacial score (nSPS) is 10.4. The second kappa shape index (κ2) is 3.34. The predicted octanol–water partition coefficient (Wildman–Crippen LogP) is 1.84. The van der Waals surface area contributed by atoms with Crippen molar-refractivity contribution in [2.75, 3.05) is 0 Å². The summed E-state index contributed by atoms with van der Waals surface area (Å²) in [5.41, 5.74) is 1.49. The Morgan fingerprint density at radius 2 is 2.36 bits per heavy atom. The molecule has 0 N–H and O–H groups in total. The Bertz CT molecular complexity index is 458. The molecule has 0 atom stereocenters. The topological polar surface area (TPSA) is 47.8 Å². The third-order valence-electron chi connectivity index (χ3n) is 1.99. The largest absolute Gasteiger partial charge is 0.294 e. The average molecular weight is 207 g/mol. The number of carbonyl (C=O) groups is 1. The molecular weight excluding hydrogens is 198 g/mol. The summed E-state index contributed by atoms with van der Waals surface area (Å²) in [7, 11) is 0. The quantitative estimate of drug-likeness (QED) is 0.706. The van der Waals surface area contributed by atoms with Crippen LogP contribution in [0.15, 0.2) is 17.8 Å². The van der Waals surface area contributed by atoms with Gasteiger partial charge in [0.05, 0.1) is 17.5 Å². The molecule has 0 unspecified atom stereocenters. The number of hydrogen-bond donors (Lipinski definition) is 0. The third-order valence-corrected chi connectivity index (χ3v) is 2.74. The standard InChI is InChI=1S/C9H9N3OS/c1-6-8(7(2)13)5-11-12(6)9-10-3-4-14-9/h3-5H,1-2H3. The fourth-order valence-corrected chi connectivity index (χ4v) is 1.92. The Morgan fingerprint density at radius 1 is 1.57 bits per heavy atom. The molecule has 0 saturated heterocycles. The maximum Gasteiger partial charge on any atom is 0.210 e. The van der Waals surface area contributed by atoms with Crippen molar-refractivity contribution in [1.82, 2.24) is 14.8 Å². The predicted molar refractivity (Wildman–Crippen MR) is 54.0 cm³/mol.